The molecule has 0 radical (unpaired) electrons. The number of rotatable bonds is 5. The summed E-state index contributed by atoms with van der Waals surface area (Å²) in [6, 6.07) is 12.0. The van der Waals surface area contributed by atoms with Crippen LogP contribution in [-0.2, 0) is 5.75 Å². The highest BCUT2D eigenvalue weighted by Crippen LogP contribution is 2.28. The van der Waals surface area contributed by atoms with E-state index in [2.05, 4.69) is 11.1 Å². The Hall–Kier alpha value is -1.52. The molecule has 0 aliphatic heterocycles. The molecule has 1 atom stereocenters. The van der Waals surface area contributed by atoms with Crippen molar-refractivity contribution in [3.63, 3.8) is 0 Å². The minimum atomic E-state index is 0.0320. The van der Waals surface area contributed by atoms with Gasteiger partial charge in [0, 0.05) is 23.6 Å². The second-order valence-electron chi connectivity index (χ2n) is 4.32. The maximum absolute atomic E-state index is 5.92. The number of thioether (sulfide) groups is 1. The average molecular weight is 274 g/mol. The molecule has 0 aliphatic carbocycles. The Bertz CT molecular complexity index is 529. The first-order valence-corrected chi connectivity index (χ1v) is 7.15. The summed E-state index contributed by atoms with van der Waals surface area (Å²) in [5, 5.41) is 1.01. The summed E-state index contributed by atoms with van der Waals surface area (Å²) >= 11 is 1.69. The highest BCUT2D eigenvalue weighted by atomic mass is 32.2. The first-order chi connectivity index (χ1) is 9.20. The average Bonchev–Trinajstić information content (AvgIpc) is 2.45. The number of hydrogen-bond acceptors (Lipinski definition) is 4. The topological polar surface area (TPSA) is 48.1 Å². The molecule has 3 nitrogen and oxygen atoms in total. The van der Waals surface area contributed by atoms with Gasteiger partial charge in [0.2, 0.25) is 0 Å². The van der Waals surface area contributed by atoms with Crippen molar-refractivity contribution in [1.82, 2.24) is 4.98 Å². The zero-order valence-corrected chi connectivity index (χ0v) is 12.0. The van der Waals surface area contributed by atoms with Gasteiger partial charge in [-0.25, -0.2) is 4.98 Å². The van der Waals surface area contributed by atoms with Crippen LogP contribution < -0.4 is 10.5 Å². The van der Waals surface area contributed by atoms with E-state index in [0.717, 1.165) is 27.7 Å². The molecule has 0 aliphatic rings. The lowest BCUT2D eigenvalue weighted by Gasteiger charge is -2.12. The van der Waals surface area contributed by atoms with Gasteiger partial charge in [0.25, 0.3) is 0 Å². The SMILES string of the molecule is COc1ccc(C(C)N)cc1CSc1ccccn1. The predicted molar refractivity (Wildman–Crippen MR) is 79.4 cm³/mol. The highest BCUT2D eigenvalue weighted by Gasteiger charge is 2.08. The molecule has 0 saturated heterocycles. The molecular formula is C15H18N2OS. The number of nitrogens with zero attached hydrogens (tertiary/aromatic N) is 1. The zero-order chi connectivity index (χ0) is 13.7. The summed E-state index contributed by atoms with van der Waals surface area (Å²) in [7, 11) is 1.69. The molecule has 2 aromatic rings. The highest BCUT2D eigenvalue weighted by molar-refractivity contribution is 7.98. The van der Waals surface area contributed by atoms with Crippen molar-refractivity contribution in [3.05, 3.63) is 53.7 Å². The maximum atomic E-state index is 5.92. The minimum absolute atomic E-state index is 0.0320. The lowest BCUT2D eigenvalue weighted by molar-refractivity contribution is 0.411. The van der Waals surface area contributed by atoms with Gasteiger partial charge in [-0.3, -0.25) is 0 Å². The number of aromatic nitrogens is 1. The smallest absolute Gasteiger partial charge is 0.122 e. The van der Waals surface area contributed by atoms with E-state index in [1.54, 1.807) is 25.1 Å². The van der Waals surface area contributed by atoms with E-state index < -0.39 is 0 Å². The standard InChI is InChI=1S/C15H18N2OS/c1-11(16)12-6-7-14(18-2)13(9-12)10-19-15-5-3-4-8-17-15/h3-9,11H,10,16H2,1-2H3. The molecule has 0 amide bonds. The first kappa shape index (κ1) is 13.9. The molecule has 0 bridgehead atoms. The molecular weight excluding hydrogens is 256 g/mol. The molecule has 1 aromatic carbocycles. The van der Waals surface area contributed by atoms with Crippen molar-refractivity contribution >= 4 is 11.8 Å². The molecule has 19 heavy (non-hydrogen) atoms. The fourth-order valence-corrected chi connectivity index (χ4v) is 2.62. The van der Waals surface area contributed by atoms with E-state index in [1.165, 1.54) is 0 Å². The van der Waals surface area contributed by atoms with Gasteiger partial charge in [0.1, 0.15) is 5.75 Å². The van der Waals surface area contributed by atoms with Crippen LogP contribution in [0.3, 0.4) is 0 Å². The van der Waals surface area contributed by atoms with Crippen molar-refractivity contribution in [2.45, 2.75) is 23.7 Å². The Morgan fingerprint density at radius 3 is 2.79 bits per heavy atom. The molecule has 0 saturated carbocycles. The molecule has 1 heterocycles. The van der Waals surface area contributed by atoms with Crippen molar-refractivity contribution in [2.75, 3.05) is 7.11 Å². The Balaban J connectivity index is 2.16. The van der Waals surface area contributed by atoms with Crippen molar-refractivity contribution < 1.29 is 4.74 Å². The van der Waals surface area contributed by atoms with E-state index >= 15 is 0 Å². The lowest BCUT2D eigenvalue weighted by atomic mass is 10.1. The summed E-state index contributed by atoms with van der Waals surface area (Å²) < 4.78 is 5.39. The fraction of sp³-hybridized carbons (Fsp3) is 0.267. The Morgan fingerprint density at radius 1 is 1.32 bits per heavy atom. The number of pyridine rings is 1. The van der Waals surface area contributed by atoms with E-state index in [-0.39, 0.29) is 6.04 Å². The fourth-order valence-electron chi connectivity index (χ4n) is 1.78. The summed E-state index contributed by atoms with van der Waals surface area (Å²) in [6.45, 7) is 1.98. The van der Waals surface area contributed by atoms with Gasteiger partial charge in [-0.1, -0.05) is 12.1 Å². The van der Waals surface area contributed by atoms with Crippen molar-refractivity contribution in [2.24, 2.45) is 5.73 Å². The third-order valence-electron chi connectivity index (χ3n) is 2.84. The summed E-state index contributed by atoms with van der Waals surface area (Å²) in [4.78, 5) is 4.30. The van der Waals surface area contributed by atoms with Gasteiger partial charge in [0.05, 0.1) is 12.1 Å². The number of hydrogen-bond donors (Lipinski definition) is 1. The molecule has 1 unspecified atom stereocenters. The lowest BCUT2D eigenvalue weighted by Crippen LogP contribution is -2.05. The van der Waals surface area contributed by atoms with Gasteiger partial charge >= 0.3 is 0 Å². The Labute approximate surface area is 118 Å². The second kappa shape index (κ2) is 6.59. The number of benzene rings is 1. The van der Waals surface area contributed by atoms with Gasteiger partial charge in [-0.15, -0.1) is 11.8 Å². The van der Waals surface area contributed by atoms with Gasteiger partial charge in [-0.05, 0) is 36.8 Å². The van der Waals surface area contributed by atoms with Crippen LogP contribution in [0, 0.1) is 0 Å². The van der Waals surface area contributed by atoms with E-state index in [0.29, 0.717) is 0 Å². The Morgan fingerprint density at radius 2 is 2.16 bits per heavy atom. The largest absolute Gasteiger partial charge is 0.496 e. The van der Waals surface area contributed by atoms with Crippen LogP contribution in [0.4, 0.5) is 0 Å². The normalized spacial score (nSPS) is 12.2. The first-order valence-electron chi connectivity index (χ1n) is 6.17. The number of methoxy groups -OCH3 is 1. The minimum Gasteiger partial charge on any atom is -0.496 e. The van der Waals surface area contributed by atoms with Gasteiger partial charge in [-0.2, -0.15) is 0 Å². The predicted octanol–water partition coefficient (Wildman–Crippen LogP) is 3.40. The molecule has 2 N–H and O–H groups in total. The zero-order valence-electron chi connectivity index (χ0n) is 11.2. The van der Waals surface area contributed by atoms with Crippen LogP contribution in [0.5, 0.6) is 5.75 Å². The van der Waals surface area contributed by atoms with Crippen LogP contribution >= 0.6 is 11.8 Å². The summed E-state index contributed by atoms with van der Waals surface area (Å²) in [5.74, 6) is 1.72. The van der Waals surface area contributed by atoms with Crippen LogP contribution in [0.25, 0.3) is 0 Å². The summed E-state index contributed by atoms with van der Waals surface area (Å²) in [5.41, 5.74) is 8.19. The molecule has 1 aromatic heterocycles. The van der Waals surface area contributed by atoms with Gasteiger partial charge in [0.15, 0.2) is 0 Å². The number of ether oxygens (including phenoxy) is 1. The van der Waals surface area contributed by atoms with Crippen LogP contribution in [-0.4, -0.2) is 12.1 Å². The maximum Gasteiger partial charge on any atom is 0.122 e. The quantitative estimate of drug-likeness (QED) is 0.849. The molecule has 4 heteroatoms. The molecule has 0 fully saturated rings. The van der Waals surface area contributed by atoms with Crippen LogP contribution in [0.2, 0.25) is 0 Å². The van der Waals surface area contributed by atoms with Crippen LogP contribution in [0.1, 0.15) is 24.1 Å². The molecule has 0 spiro atoms. The van der Waals surface area contributed by atoms with Crippen molar-refractivity contribution in [1.29, 1.82) is 0 Å². The molecule has 100 valence electrons. The van der Waals surface area contributed by atoms with E-state index in [4.69, 9.17) is 10.5 Å². The van der Waals surface area contributed by atoms with Crippen molar-refractivity contribution in [3.8, 4) is 5.75 Å². The third-order valence-corrected chi connectivity index (χ3v) is 3.84. The number of nitrogens with two attached hydrogens (primary N) is 1. The van der Waals surface area contributed by atoms with E-state index in [9.17, 15) is 0 Å². The van der Waals surface area contributed by atoms with Crippen LogP contribution in [0.15, 0.2) is 47.6 Å². The monoisotopic (exact) mass is 274 g/mol. The van der Waals surface area contributed by atoms with E-state index in [1.807, 2.05) is 37.3 Å². The Kier molecular flexibility index (Phi) is 4.82. The molecule has 2 rings (SSSR count). The second-order valence-corrected chi connectivity index (χ2v) is 5.31. The summed E-state index contributed by atoms with van der Waals surface area (Å²) in [6.07, 6.45) is 1.80. The van der Waals surface area contributed by atoms with Gasteiger partial charge < -0.3 is 10.5 Å². The third kappa shape index (κ3) is 3.72.